The van der Waals surface area contributed by atoms with Crippen molar-refractivity contribution in [3.63, 3.8) is 0 Å². The quantitative estimate of drug-likeness (QED) is 0.846. The first-order valence-corrected chi connectivity index (χ1v) is 7.69. The molecule has 2 aromatic rings. The van der Waals surface area contributed by atoms with Crippen LogP contribution in [0.15, 0.2) is 6.20 Å². The molecule has 1 N–H and O–H groups in total. The van der Waals surface area contributed by atoms with Crippen LogP contribution < -0.4 is 5.32 Å². The van der Waals surface area contributed by atoms with Crippen LogP contribution >= 0.6 is 0 Å². The molecule has 0 fully saturated rings. The van der Waals surface area contributed by atoms with Gasteiger partial charge in [0.2, 0.25) is 0 Å². The summed E-state index contributed by atoms with van der Waals surface area (Å²) < 4.78 is 1.80. The number of nitrogens with zero attached hydrogens (tertiary/aromatic N) is 5. The fourth-order valence-corrected chi connectivity index (χ4v) is 2.29. The van der Waals surface area contributed by atoms with E-state index in [4.69, 9.17) is 0 Å². The third-order valence-electron chi connectivity index (χ3n) is 4.06. The maximum absolute atomic E-state index is 4.61. The van der Waals surface area contributed by atoms with Gasteiger partial charge in [0.15, 0.2) is 5.65 Å². The van der Waals surface area contributed by atoms with Gasteiger partial charge in [0.25, 0.3) is 0 Å². The summed E-state index contributed by atoms with van der Waals surface area (Å²) in [7, 11) is 4.07. The van der Waals surface area contributed by atoms with Gasteiger partial charge in [-0.05, 0) is 26.9 Å². The van der Waals surface area contributed by atoms with Gasteiger partial charge in [-0.1, -0.05) is 13.8 Å². The molecular formula is C15H26N6. The van der Waals surface area contributed by atoms with Crippen LogP contribution in [0.1, 0.15) is 33.0 Å². The summed E-state index contributed by atoms with van der Waals surface area (Å²) in [4.78, 5) is 11.5. The van der Waals surface area contributed by atoms with Crippen molar-refractivity contribution < 1.29 is 0 Å². The van der Waals surface area contributed by atoms with E-state index in [1.54, 1.807) is 4.68 Å². The summed E-state index contributed by atoms with van der Waals surface area (Å²) in [5, 5.41) is 8.73. The molecule has 0 aliphatic carbocycles. The number of hydrogen-bond acceptors (Lipinski definition) is 5. The van der Waals surface area contributed by atoms with Gasteiger partial charge in [0, 0.05) is 26.1 Å². The Kier molecular flexibility index (Phi) is 5.12. The maximum atomic E-state index is 4.61. The Balaban J connectivity index is 2.11. The second kappa shape index (κ2) is 6.85. The van der Waals surface area contributed by atoms with Crippen LogP contribution in [0.4, 0.5) is 5.82 Å². The second-order valence-electron chi connectivity index (χ2n) is 5.49. The van der Waals surface area contributed by atoms with Crippen molar-refractivity contribution in [3.8, 4) is 0 Å². The molecule has 1 atom stereocenters. The number of anilines is 1. The van der Waals surface area contributed by atoms with Gasteiger partial charge in [-0.2, -0.15) is 5.10 Å². The third kappa shape index (κ3) is 3.50. The van der Waals surface area contributed by atoms with Crippen molar-refractivity contribution in [3.05, 3.63) is 12.0 Å². The summed E-state index contributed by atoms with van der Waals surface area (Å²) in [6, 6.07) is 0.555. The van der Waals surface area contributed by atoms with E-state index in [-0.39, 0.29) is 0 Å². The van der Waals surface area contributed by atoms with Gasteiger partial charge in [-0.3, -0.25) is 4.68 Å². The molecule has 21 heavy (non-hydrogen) atoms. The van der Waals surface area contributed by atoms with Gasteiger partial charge in [0.05, 0.1) is 11.6 Å². The predicted molar refractivity (Wildman–Crippen MR) is 86.6 cm³/mol. The molecular weight excluding hydrogens is 264 g/mol. The zero-order valence-electron chi connectivity index (χ0n) is 13.7. The molecule has 0 bridgehead atoms. The molecule has 0 saturated carbocycles. The number of aryl methyl sites for hydroxylation is 2. The lowest BCUT2D eigenvalue weighted by Gasteiger charge is -2.23. The average Bonchev–Trinajstić information content (AvgIpc) is 2.87. The molecule has 0 saturated heterocycles. The van der Waals surface area contributed by atoms with Crippen molar-refractivity contribution in [1.29, 1.82) is 0 Å². The van der Waals surface area contributed by atoms with Crippen LogP contribution in [-0.4, -0.2) is 50.8 Å². The Hall–Kier alpha value is -1.69. The van der Waals surface area contributed by atoms with Crippen molar-refractivity contribution in [1.82, 2.24) is 24.6 Å². The highest BCUT2D eigenvalue weighted by atomic mass is 15.3. The largest absolute Gasteiger partial charge is 0.369 e. The summed E-state index contributed by atoms with van der Waals surface area (Å²) in [6.45, 7) is 8.47. The first-order valence-electron chi connectivity index (χ1n) is 7.69. The Morgan fingerprint density at radius 3 is 2.76 bits per heavy atom. The SMILES string of the molecule is CCc1nc(NCC[C@H](C)N(C)CC)c2cnn(C)c2n1. The molecule has 0 aliphatic rings. The highest BCUT2D eigenvalue weighted by molar-refractivity contribution is 5.86. The third-order valence-corrected chi connectivity index (χ3v) is 4.06. The smallest absolute Gasteiger partial charge is 0.163 e. The Labute approximate surface area is 126 Å². The predicted octanol–water partition coefficient (Wildman–Crippen LogP) is 2.07. The first kappa shape index (κ1) is 15.7. The zero-order valence-corrected chi connectivity index (χ0v) is 13.7. The minimum absolute atomic E-state index is 0.555. The molecule has 6 heteroatoms. The van der Waals surface area contributed by atoms with Gasteiger partial charge in [0.1, 0.15) is 11.6 Å². The van der Waals surface area contributed by atoms with Crippen LogP contribution in [0, 0.1) is 0 Å². The molecule has 6 nitrogen and oxygen atoms in total. The number of rotatable bonds is 7. The lowest BCUT2D eigenvalue weighted by Crippen LogP contribution is -2.30. The van der Waals surface area contributed by atoms with Crippen molar-refractivity contribution >= 4 is 16.9 Å². The Morgan fingerprint density at radius 2 is 2.10 bits per heavy atom. The van der Waals surface area contributed by atoms with E-state index in [1.165, 1.54) is 0 Å². The molecule has 0 radical (unpaired) electrons. The molecule has 0 spiro atoms. The summed E-state index contributed by atoms with van der Waals surface area (Å²) >= 11 is 0. The van der Waals surface area contributed by atoms with E-state index in [1.807, 2.05) is 13.2 Å². The number of fused-ring (bicyclic) bond motifs is 1. The van der Waals surface area contributed by atoms with Gasteiger partial charge < -0.3 is 10.2 Å². The van der Waals surface area contributed by atoms with Crippen molar-refractivity contribution in [2.24, 2.45) is 7.05 Å². The van der Waals surface area contributed by atoms with E-state index in [9.17, 15) is 0 Å². The molecule has 2 rings (SSSR count). The molecule has 0 aliphatic heterocycles. The van der Waals surface area contributed by atoms with Crippen LogP contribution in [-0.2, 0) is 13.5 Å². The van der Waals surface area contributed by atoms with Crippen LogP contribution in [0.5, 0.6) is 0 Å². The van der Waals surface area contributed by atoms with Crippen molar-refractivity contribution in [2.75, 3.05) is 25.5 Å². The highest BCUT2D eigenvalue weighted by Gasteiger charge is 2.11. The monoisotopic (exact) mass is 290 g/mol. The number of nitrogens with one attached hydrogen (secondary N) is 1. The minimum Gasteiger partial charge on any atom is -0.369 e. The molecule has 2 heterocycles. The average molecular weight is 290 g/mol. The molecule has 116 valence electrons. The number of aromatic nitrogens is 4. The van der Waals surface area contributed by atoms with Gasteiger partial charge >= 0.3 is 0 Å². The topological polar surface area (TPSA) is 58.9 Å². The molecule has 2 aromatic heterocycles. The summed E-state index contributed by atoms with van der Waals surface area (Å²) in [6.07, 6.45) is 3.74. The van der Waals surface area contributed by atoms with Crippen molar-refractivity contribution in [2.45, 2.75) is 39.7 Å². The Morgan fingerprint density at radius 1 is 1.33 bits per heavy atom. The van der Waals surface area contributed by atoms with E-state index in [2.05, 4.69) is 53.1 Å². The normalized spacial score (nSPS) is 13.0. The zero-order chi connectivity index (χ0) is 15.4. The summed E-state index contributed by atoms with van der Waals surface area (Å²) in [5.41, 5.74) is 0.892. The van der Waals surface area contributed by atoms with Crippen LogP contribution in [0.25, 0.3) is 11.0 Å². The second-order valence-corrected chi connectivity index (χ2v) is 5.49. The minimum atomic E-state index is 0.555. The van der Waals surface area contributed by atoms with E-state index >= 15 is 0 Å². The lowest BCUT2D eigenvalue weighted by molar-refractivity contribution is 0.263. The molecule has 0 aromatic carbocycles. The lowest BCUT2D eigenvalue weighted by atomic mass is 10.2. The molecule has 0 unspecified atom stereocenters. The maximum Gasteiger partial charge on any atom is 0.163 e. The first-order chi connectivity index (χ1) is 10.1. The molecule has 0 amide bonds. The van der Waals surface area contributed by atoms with Gasteiger partial charge in [-0.15, -0.1) is 0 Å². The summed E-state index contributed by atoms with van der Waals surface area (Å²) in [5.74, 6) is 1.75. The van der Waals surface area contributed by atoms with E-state index in [0.717, 1.165) is 48.6 Å². The van der Waals surface area contributed by atoms with E-state index < -0.39 is 0 Å². The fraction of sp³-hybridized carbons (Fsp3) is 0.667. The van der Waals surface area contributed by atoms with Crippen LogP contribution in [0.3, 0.4) is 0 Å². The Bertz CT molecular complexity index is 591. The fourth-order valence-electron chi connectivity index (χ4n) is 2.29. The van der Waals surface area contributed by atoms with Gasteiger partial charge in [-0.25, -0.2) is 9.97 Å². The highest BCUT2D eigenvalue weighted by Crippen LogP contribution is 2.19. The standard InChI is InChI=1S/C15H26N6/c1-6-13-18-14(12-10-17-21(5)15(12)19-13)16-9-8-11(3)20(4)7-2/h10-11H,6-9H2,1-5H3,(H,16,18,19)/t11-/m0/s1. The van der Waals surface area contributed by atoms with E-state index in [0.29, 0.717) is 6.04 Å². The van der Waals surface area contributed by atoms with Crippen LogP contribution in [0.2, 0.25) is 0 Å². The number of hydrogen-bond donors (Lipinski definition) is 1.